The quantitative estimate of drug-likeness (QED) is 0.431. The number of pyridine rings is 1. The average Bonchev–Trinajstić information content (AvgIpc) is 3.50. The molecular weight excluding hydrogens is 476 g/mol. The van der Waals surface area contributed by atoms with E-state index in [-0.39, 0.29) is 17.6 Å². The van der Waals surface area contributed by atoms with Crippen molar-refractivity contribution in [2.24, 2.45) is 5.16 Å². The lowest BCUT2D eigenvalue weighted by Gasteiger charge is -2.35. The van der Waals surface area contributed by atoms with Crippen molar-refractivity contribution in [3.63, 3.8) is 0 Å². The van der Waals surface area contributed by atoms with Crippen LogP contribution in [0.1, 0.15) is 90.0 Å². The van der Waals surface area contributed by atoms with Gasteiger partial charge < -0.3 is 25.7 Å². The number of nitrogens with zero attached hydrogens (tertiary/aromatic N) is 4. The van der Waals surface area contributed by atoms with Gasteiger partial charge in [-0.2, -0.15) is 5.10 Å². The number of carbonyl (C=O) groups is 2. The number of aromatic nitrogens is 3. The van der Waals surface area contributed by atoms with E-state index in [2.05, 4.69) is 27.8 Å². The van der Waals surface area contributed by atoms with Crippen LogP contribution in [0.2, 0.25) is 0 Å². The zero-order valence-corrected chi connectivity index (χ0v) is 21.7. The molecule has 11 nitrogen and oxygen atoms in total. The summed E-state index contributed by atoms with van der Waals surface area (Å²) in [5.74, 6) is 0.130. The third kappa shape index (κ3) is 6.31. The number of hydrogen-bond donors (Lipinski definition) is 4. The van der Waals surface area contributed by atoms with Gasteiger partial charge in [0.05, 0.1) is 23.0 Å². The molecule has 0 saturated heterocycles. The van der Waals surface area contributed by atoms with Crippen molar-refractivity contribution in [3.05, 3.63) is 18.0 Å². The molecule has 0 bridgehead atoms. The second-order valence-electron chi connectivity index (χ2n) is 10.2. The van der Waals surface area contributed by atoms with E-state index in [0.29, 0.717) is 12.5 Å². The van der Waals surface area contributed by atoms with Gasteiger partial charge in [0.25, 0.3) is 0 Å². The Morgan fingerprint density at radius 1 is 1.08 bits per heavy atom. The van der Waals surface area contributed by atoms with E-state index in [0.717, 1.165) is 66.6 Å². The molecule has 2 aliphatic carbocycles. The number of hydrogen-bond acceptors (Lipinski definition) is 7. The SMILES string of the molecule is CCC(=O)NC1CCC2(CC1)CC(c1cnc3c(cnn3CC)c1NC1CCCCC1)=NO2.O=C(O)O. The smallest absolute Gasteiger partial charge is 0.450 e. The molecule has 0 aromatic carbocycles. The Kier molecular flexibility index (Phi) is 8.50. The average molecular weight is 515 g/mol. The summed E-state index contributed by atoms with van der Waals surface area (Å²) in [6, 6.07) is 0.722. The Balaban J connectivity index is 0.000000747. The summed E-state index contributed by atoms with van der Waals surface area (Å²) >= 11 is 0. The van der Waals surface area contributed by atoms with Gasteiger partial charge in [-0.25, -0.2) is 14.5 Å². The number of nitrogens with one attached hydrogen (secondary N) is 2. The molecule has 2 aromatic rings. The van der Waals surface area contributed by atoms with Crippen molar-refractivity contribution < 1.29 is 24.6 Å². The molecule has 2 aromatic heterocycles. The minimum absolute atomic E-state index is 0.130. The maximum Gasteiger partial charge on any atom is 0.503 e. The first-order valence-corrected chi connectivity index (χ1v) is 13.4. The van der Waals surface area contributed by atoms with Crippen molar-refractivity contribution in [2.75, 3.05) is 5.32 Å². The van der Waals surface area contributed by atoms with Gasteiger partial charge in [0.15, 0.2) is 5.65 Å². The Morgan fingerprint density at radius 3 is 2.43 bits per heavy atom. The Bertz CT molecular complexity index is 1130. The molecule has 0 unspecified atom stereocenters. The first kappa shape index (κ1) is 26.7. The zero-order valence-electron chi connectivity index (χ0n) is 21.7. The first-order valence-electron chi connectivity index (χ1n) is 13.4. The highest BCUT2D eigenvalue weighted by atomic mass is 16.7. The van der Waals surface area contributed by atoms with Crippen molar-refractivity contribution in [3.8, 4) is 0 Å². The topological polar surface area (TPSA) is 151 Å². The standard InChI is InChI=1S/C25H36N6O2.CH2O3/c1-3-22(32)28-18-10-12-25(13-11-18)14-21(30-33-25)19-15-26-24-20(16-27-31(24)4-2)23(19)29-17-8-6-5-7-9-17;2-1(3)4/h15-18H,3-14H2,1-2H3,(H,26,29)(H,28,32);(H2,2,3,4). The Hall–Kier alpha value is -3.37. The van der Waals surface area contributed by atoms with E-state index in [1.165, 1.54) is 32.1 Å². The lowest BCUT2D eigenvalue weighted by Crippen LogP contribution is -2.43. The predicted octanol–water partition coefficient (Wildman–Crippen LogP) is 4.75. The minimum Gasteiger partial charge on any atom is -0.450 e. The van der Waals surface area contributed by atoms with Gasteiger partial charge in [-0.15, -0.1) is 0 Å². The third-order valence-electron chi connectivity index (χ3n) is 7.65. The molecule has 0 atom stereocenters. The van der Waals surface area contributed by atoms with E-state index >= 15 is 0 Å². The molecule has 0 radical (unpaired) electrons. The third-order valence-corrected chi connectivity index (χ3v) is 7.65. The summed E-state index contributed by atoms with van der Waals surface area (Å²) in [7, 11) is 0. The fourth-order valence-corrected chi connectivity index (χ4v) is 5.64. The van der Waals surface area contributed by atoms with Gasteiger partial charge >= 0.3 is 6.16 Å². The van der Waals surface area contributed by atoms with Gasteiger partial charge in [0.2, 0.25) is 5.91 Å². The molecule has 2 fully saturated rings. The van der Waals surface area contributed by atoms with Crippen molar-refractivity contribution in [1.82, 2.24) is 20.1 Å². The van der Waals surface area contributed by atoms with Gasteiger partial charge in [-0.3, -0.25) is 4.79 Å². The molecule has 3 aliphatic rings. The second kappa shape index (κ2) is 11.8. The number of carbonyl (C=O) groups excluding carboxylic acids is 1. The number of aryl methyl sites for hydroxylation is 1. The Labute approximate surface area is 216 Å². The van der Waals surface area contributed by atoms with Crippen LogP contribution in [0.15, 0.2) is 17.5 Å². The molecule has 202 valence electrons. The summed E-state index contributed by atoms with van der Waals surface area (Å²) in [5, 5.41) is 31.2. The molecule has 4 N–H and O–H groups in total. The fourth-order valence-electron chi connectivity index (χ4n) is 5.64. The number of carboxylic acid groups (broad SMARTS) is 2. The van der Waals surface area contributed by atoms with Gasteiger partial charge in [0.1, 0.15) is 5.60 Å². The van der Waals surface area contributed by atoms with E-state index in [9.17, 15) is 4.79 Å². The number of rotatable bonds is 6. The van der Waals surface area contributed by atoms with Crippen LogP contribution in [-0.4, -0.2) is 60.4 Å². The number of anilines is 1. The van der Waals surface area contributed by atoms with Crippen molar-refractivity contribution in [1.29, 1.82) is 0 Å². The van der Waals surface area contributed by atoms with Gasteiger partial charge in [-0.05, 0) is 45.4 Å². The van der Waals surface area contributed by atoms with E-state index in [1.54, 1.807) is 0 Å². The summed E-state index contributed by atoms with van der Waals surface area (Å²) < 4.78 is 1.95. The summed E-state index contributed by atoms with van der Waals surface area (Å²) in [6.07, 6.45) is 13.3. The zero-order chi connectivity index (χ0) is 26.4. The molecule has 3 heterocycles. The van der Waals surface area contributed by atoms with E-state index in [4.69, 9.17) is 24.8 Å². The van der Waals surface area contributed by atoms with Crippen molar-refractivity contribution >= 4 is 34.5 Å². The molecule has 5 rings (SSSR count). The molecule has 1 spiro atoms. The van der Waals surface area contributed by atoms with E-state index in [1.807, 2.05) is 24.0 Å². The summed E-state index contributed by atoms with van der Waals surface area (Å²) in [6.45, 7) is 4.78. The maximum absolute atomic E-state index is 11.8. The van der Waals surface area contributed by atoms with Crippen LogP contribution in [0.25, 0.3) is 11.0 Å². The van der Waals surface area contributed by atoms with Crippen LogP contribution in [0.3, 0.4) is 0 Å². The Morgan fingerprint density at radius 2 is 1.78 bits per heavy atom. The van der Waals surface area contributed by atoms with E-state index < -0.39 is 6.16 Å². The highest BCUT2D eigenvalue weighted by molar-refractivity contribution is 6.10. The number of fused-ring (bicyclic) bond motifs is 1. The molecule has 2 saturated carbocycles. The van der Waals surface area contributed by atoms with Crippen LogP contribution in [-0.2, 0) is 16.2 Å². The van der Waals surface area contributed by atoms with Crippen LogP contribution in [0.4, 0.5) is 10.5 Å². The summed E-state index contributed by atoms with van der Waals surface area (Å²) in [4.78, 5) is 31.2. The van der Waals surface area contributed by atoms with Crippen LogP contribution in [0.5, 0.6) is 0 Å². The minimum atomic E-state index is -1.83. The number of oxime groups is 1. The van der Waals surface area contributed by atoms with Crippen LogP contribution >= 0.6 is 0 Å². The monoisotopic (exact) mass is 514 g/mol. The molecule has 1 aliphatic heterocycles. The lowest BCUT2D eigenvalue weighted by molar-refractivity contribution is -0.122. The van der Waals surface area contributed by atoms with Crippen LogP contribution < -0.4 is 10.6 Å². The molecular formula is C26H38N6O5. The fraction of sp³-hybridized carbons (Fsp3) is 0.654. The highest BCUT2D eigenvalue weighted by Gasteiger charge is 2.43. The van der Waals surface area contributed by atoms with Gasteiger partial charge in [0, 0.05) is 43.2 Å². The summed E-state index contributed by atoms with van der Waals surface area (Å²) in [5.41, 5.74) is 3.79. The lowest BCUT2D eigenvalue weighted by atomic mass is 9.78. The maximum atomic E-state index is 11.8. The normalized spacial score (nSPS) is 23.6. The predicted molar refractivity (Wildman–Crippen MR) is 140 cm³/mol. The van der Waals surface area contributed by atoms with Crippen molar-refractivity contribution in [2.45, 2.75) is 109 Å². The molecule has 37 heavy (non-hydrogen) atoms. The van der Waals surface area contributed by atoms with Gasteiger partial charge in [-0.1, -0.05) is 31.3 Å². The first-order chi connectivity index (χ1) is 17.8. The second-order valence-corrected chi connectivity index (χ2v) is 10.2. The molecule has 1 amide bonds. The largest absolute Gasteiger partial charge is 0.503 e. The number of amides is 1. The highest BCUT2D eigenvalue weighted by Crippen LogP contribution is 2.41. The van der Waals surface area contributed by atoms with Crippen LogP contribution in [0, 0.1) is 0 Å². The molecule has 11 heteroatoms.